The Morgan fingerprint density at radius 1 is 1.03 bits per heavy atom. The summed E-state index contributed by atoms with van der Waals surface area (Å²) in [6.45, 7) is 8.19. The molecule has 0 atom stereocenters. The number of para-hydroxylation sites is 1. The largest absolute Gasteiger partial charge is 0.379 e. The Balaban J connectivity index is 1.30. The maximum Gasteiger partial charge on any atom is 0.255 e. The van der Waals surface area contributed by atoms with Gasteiger partial charge in [-0.05, 0) is 56.3 Å². The molecule has 0 bridgehead atoms. The second-order valence-corrected chi connectivity index (χ2v) is 8.58. The van der Waals surface area contributed by atoms with Crippen molar-refractivity contribution in [1.82, 2.24) is 19.8 Å². The molecule has 2 aromatic heterocycles. The maximum atomic E-state index is 12.9. The second kappa shape index (κ2) is 10.2. The normalized spacial score (nSPS) is 14.5. The predicted octanol–water partition coefficient (Wildman–Crippen LogP) is 4.41. The molecule has 1 fully saturated rings. The van der Waals surface area contributed by atoms with Crippen LogP contribution in [0.3, 0.4) is 0 Å². The van der Waals surface area contributed by atoms with E-state index in [2.05, 4.69) is 68.4 Å². The number of fused-ring (bicyclic) bond motifs is 3. The summed E-state index contributed by atoms with van der Waals surface area (Å²) in [4.78, 5) is 19.7. The smallest absolute Gasteiger partial charge is 0.255 e. The number of rotatable bonds is 8. The number of pyridine rings is 1. The van der Waals surface area contributed by atoms with Gasteiger partial charge >= 0.3 is 0 Å². The van der Waals surface area contributed by atoms with Crippen LogP contribution in [0.4, 0.5) is 11.5 Å². The molecule has 34 heavy (non-hydrogen) atoms. The van der Waals surface area contributed by atoms with Gasteiger partial charge < -0.3 is 19.9 Å². The highest BCUT2D eigenvalue weighted by Crippen LogP contribution is 2.32. The van der Waals surface area contributed by atoms with Crippen molar-refractivity contribution in [3.8, 4) is 0 Å². The SMILES string of the molecule is CCn1c2ccccc2c2cc(Nc3ncccc3C(=O)NCCCN3CCOCC3)ccc21. The van der Waals surface area contributed by atoms with Gasteiger partial charge in [0, 0.05) is 59.9 Å². The molecule has 3 heterocycles. The van der Waals surface area contributed by atoms with E-state index in [0.717, 1.165) is 51.5 Å². The van der Waals surface area contributed by atoms with E-state index < -0.39 is 0 Å². The van der Waals surface area contributed by atoms with Crippen LogP contribution in [0.2, 0.25) is 0 Å². The summed E-state index contributed by atoms with van der Waals surface area (Å²) in [5.74, 6) is 0.452. The summed E-state index contributed by atoms with van der Waals surface area (Å²) in [5.41, 5.74) is 3.89. The van der Waals surface area contributed by atoms with E-state index in [1.807, 2.05) is 12.1 Å². The van der Waals surface area contributed by atoms with Crippen molar-refractivity contribution >= 4 is 39.2 Å². The monoisotopic (exact) mass is 457 g/mol. The lowest BCUT2D eigenvalue weighted by molar-refractivity contribution is 0.0374. The highest BCUT2D eigenvalue weighted by molar-refractivity contribution is 6.09. The zero-order valence-corrected chi connectivity index (χ0v) is 19.6. The van der Waals surface area contributed by atoms with Gasteiger partial charge in [0.2, 0.25) is 0 Å². The van der Waals surface area contributed by atoms with Crippen LogP contribution in [0.15, 0.2) is 60.8 Å². The first-order valence-electron chi connectivity index (χ1n) is 12.1. The number of anilines is 2. The Bertz CT molecular complexity index is 1290. The number of carbonyl (C=O) groups is 1. The topological polar surface area (TPSA) is 71.4 Å². The van der Waals surface area contributed by atoms with Crippen LogP contribution < -0.4 is 10.6 Å². The summed E-state index contributed by atoms with van der Waals surface area (Å²) >= 11 is 0. The summed E-state index contributed by atoms with van der Waals surface area (Å²) in [7, 11) is 0. The van der Waals surface area contributed by atoms with Crippen molar-refractivity contribution in [3.63, 3.8) is 0 Å². The van der Waals surface area contributed by atoms with Gasteiger partial charge in [-0.15, -0.1) is 0 Å². The molecular formula is C27H31N5O2. The molecular weight excluding hydrogens is 426 g/mol. The predicted molar refractivity (Wildman–Crippen MR) is 137 cm³/mol. The zero-order valence-electron chi connectivity index (χ0n) is 19.6. The van der Waals surface area contributed by atoms with Crippen molar-refractivity contribution in [2.75, 3.05) is 44.7 Å². The van der Waals surface area contributed by atoms with Crippen molar-refractivity contribution in [2.24, 2.45) is 0 Å². The molecule has 0 radical (unpaired) electrons. The lowest BCUT2D eigenvalue weighted by atomic mass is 10.1. The first-order chi connectivity index (χ1) is 16.7. The van der Waals surface area contributed by atoms with Crippen molar-refractivity contribution in [3.05, 3.63) is 66.4 Å². The Morgan fingerprint density at radius 2 is 1.85 bits per heavy atom. The van der Waals surface area contributed by atoms with Crippen molar-refractivity contribution in [1.29, 1.82) is 0 Å². The van der Waals surface area contributed by atoms with Crippen LogP contribution in [0, 0.1) is 0 Å². The van der Waals surface area contributed by atoms with Crippen LogP contribution in [-0.2, 0) is 11.3 Å². The lowest BCUT2D eigenvalue weighted by Crippen LogP contribution is -2.38. The van der Waals surface area contributed by atoms with Gasteiger partial charge in [0.15, 0.2) is 0 Å². The van der Waals surface area contributed by atoms with E-state index in [9.17, 15) is 4.79 Å². The number of nitrogens with zero attached hydrogens (tertiary/aromatic N) is 3. The molecule has 1 aliphatic heterocycles. The molecule has 1 aliphatic rings. The van der Waals surface area contributed by atoms with E-state index in [1.165, 1.54) is 21.8 Å². The third-order valence-electron chi connectivity index (χ3n) is 6.44. The fourth-order valence-electron chi connectivity index (χ4n) is 4.72. The van der Waals surface area contributed by atoms with Crippen LogP contribution in [0.5, 0.6) is 0 Å². The van der Waals surface area contributed by atoms with Crippen LogP contribution >= 0.6 is 0 Å². The first kappa shape index (κ1) is 22.4. The quantitative estimate of drug-likeness (QED) is 0.384. The third-order valence-corrected chi connectivity index (χ3v) is 6.44. The number of ether oxygens (including phenoxy) is 1. The number of nitrogens with one attached hydrogen (secondary N) is 2. The minimum Gasteiger partial charge on any atom is -0.379 e. The molecule has 1 saturated heterocycles. The number of aromatic nitrogens is 2. The van der Waals surface area contributed by atoms with Gasteiger partial charge in [0.1, 0.15) is 5.82 Å². The minimum atomic E-state index is -0.110. The minimum absolute atomic E-state index is 0.110. The van der Waals surface area contributed by atoms with Gasteiger partial charge in [-0.2, -0.15) is 0 Å². The molecule has 4 aromatic rings. The van der Waals surface area contributed by atoms with E-state index in [-0.39, 0.29) is 5.91 Å². The third kappa shape index (κ3) is 4.62. The van der Waals surface area contributed by atoms with E-state index >= 15 is 0 Å². The summed E-state index contributed by atoms with van der Waals surface area (Å²) in [6, 6.07) is 18.4. The molecule has 7 heteroatoms. The Hall–Kier alpha value is -3.42. The average Bonchev–Trinajstić information content (AvgIpc) is 3.20. The maximum absolute atomic E-state index is 12.9. The molecule has 0 saturated carbocycles. The standard InChI is InChI=1S/C27H31N5O2/c1-2-32-24-9-4-3-7-21(24)23-19-20(10-11-25(23)32)30-26-22(8-5-12-28-26)27(33)29-13-6-14-31-15-17-34-18-16-31/h3-5,7-12,19H,2,6,13-18H2,1H3,(H,28,30)(H,29,33). The van der Waals surface area contributed by atoms with Gasteiger partial charge in [-0.3, -0.25) is 9.69 Å². The van der Waals surface area contributed by atoms with Gasteiger partial charge in [-0.1, -0.05) is 18.2 Å². The van der Waals surface area contributed by atoms with Crippen LogP contribution in [-0.4, -0.2) is 59.8 Å². The number of benzene rings is 2. The van der Waals surface area contributed by atoms with Crippen LogP contribution in [0.25, 0.3) is 21.8 Å². The van der Waals surface area contributed by atoms with E-state index in [4.69, 9.17) is 4.74 Å². The van der Waals surface area contributed by atoms with Gasteiger partial charge in [-0.25, -0.2) is 4.98 Å². The van der Waals surface area contributed by atoms with Crippen LogP contribution in [0.1, 0.15) is 23.7 Å². The molecule has 0 unspecified atom stereocenters. The number of carbonyl (C=O) groups excluding carboxylic acids is 1. The Morgan fingerprint density at radius 3 is 2.71 bits per heavy atom. The molecule has 1 amide bonds. The van der Waals surface area contributed by atoms with Crippen molar-refractivity contribution < 1.29 is 9.53 Å². The summed E-state index contributed by atoms with van der Waals surface area (Å²) in [5, 5.41) is 8.84. The molecule has 5 rings (SSSR count). The fourth-order valence-corrected chi connectivity index (χ4v) is 4.72. The summed E-state index contributed by atoms with van der Waals surface area (Å²) in [6.07, 6.45) is 2.62. The average molecular weight is 458 g/mol. The van der Waals surface area contributed by atoms with E-state index in [1.54, 1.807) is 12.3 Å². The highest BCUT2D eigenvalue weighted by atomic mass is 16.5. The van der Waals surface area contributed by atoms with E-state index in [0.29, 0.717) is 17.9 Å². The first-order valence-corrected chi connectivity index (χ1v) is 12.1. The molecule has 0 spiro atoms. The number of hydrogen-bond acceptors (Lipinski definition) is 5. The number of amides is 1. The Kier molecular flexibility index (Phi) is 6.74. The van der Waals surface area contributed by atoms with Gasteiger partial charge in [0.25, 0.3) is 5.91 Å². The molecule has 2 aromatic carbocycles. The second-order valence-electron chi connectivity index (χ2n) is 8.58. The van der Waals surface area contributed by atoms with Gasteiger partial charge in [0.05, 0.1) is 18.8 Å². The number of aryl methyl sites for hydroxylation is 1. The fraction of sp³-hybridized carbons (Fsp3) is 0.333. The Labute approximate surface area is 199 Å². The molecule has 7 nitrogen and oxygen atoms in total. The molecule has 0 aliphatic carbocycles. The lowest BCUT2D eigenvalue weighted by Gasteiger charge is -2.26. The molecule has 2 N–H and O–H groups in total. The van der Waals surface area contributed by atoms with Crippen molar-refractivity contribution in [2.45, 2.75) is 19.9 Å². The summed E-state index contributed by atoms with van der Waals surface area (Å²) < 4.78 is 7.71. The molecule has 176 valence electrons. The number of morpholine rings is 1. The zero-order chi connectivity index (χ0) is 23.3. The number of hydrogen-bond donors (Lipinski definition) is 2. The highest BCUT2D eigenvalue weighted by Gasteiger charge is 2.15.